The number of nitrogens with zero attached hydrogens (tertiary/aromatic N) is 4. The molecule has 0 saturated carbocycles. The van der Waals surface area contributed by atoms with Gasteiger partial charge in [-0.15, -0.1) is 11.3 Å². The van der Waals surface area contributed by atoms with E-state index >= 15 is 0 Å². The third kappa shape index (κ3) is 6.90. The summed E-state index contributed by atoms with van der Waals surface area (Å²) in [6.45, 7) is 14.2. The lowest BCUT2D eigenvalue weighted by molar-refractivity contribution is 0.479. The first kappa shape index (κ1) is 39.7. The maximum absolute atomic E-state index is 7.03. The van der Waals surface area contributed by atoms with E-state index in [4.69, 9.17) is 9.72 Å². The largest absolute Gasteiger partial charge is 0.457 e. The zero-order valence-electron chi connectivity index (χ0n) is 37.1. The van der Waals surface area contributed by atoms with Crippen molar-refractivity contribution in [3.8, 4) is 39.6 Å². The SMILES string of the molecule is CC(C)(C)c1cc(Oc2ccc3c4sc5ccccc5c4n(-c4cc(C(C)(C)C)ccn4)c3c2)cc(N2CN(c3c(-c4ccccc4)cccc3-c3ccccc3)c3ccccc32)c1. The van der Waals surface area contributed by atoms with Gasteiger partial charge in [-0.1, -0.05) is 151 Å². The average Bonchev–Trinajstić information content (AvgIpc) is 3.98. The lowest BCUT2D eigenvalue weighted by Gasteiger charge is -2.28. The Labute approximate surface area is 379 Å². The molecule has 6 heteroatoms. The second kappa shape index (κ2) is 15.3. The fourth-order valence-corrected chi connectivity index (χ4v) is 10.5. The predicted octanol–water partition coefficient (Wildman–Crippen LogP) is 16.4. The Morgan fingerprint density at radius 2 is 1.17 bits per heavy atom. The van der Waals surface area contributed by atoms with Crippen LogP contribution in [0.4, 0.5) is 22.7 Å². The van der Waals surface area contributed by atoms with Gasteiger partial charge in [0.1, 0.15) is 24.0 Å². The zero-order chi connectivity index (χ0) is 43.7. The zero-order valence-corrected chi connectivity index (χ0v) is 37.9. The molecule has 0 fully saturated rings. The third-order valence-corrected chi connectivity index (χ3v) is 13.8. The minimum Gasteiger partial charge on any atom is -0.457 e. The molecule has 0 N–H and O–H groups in total. The molecule has 0 saturated heterocycles. The number of anilines is 4. The standard InChI is InChI=1S/C58H50N4OS/c1-57(2,3)40-30-31-59-53(34-40)62-51-36-43(28-29-47(51)56-55(62)48-22-13-16-27-52(48)64-56)63-44-33-41(58(4,5)6)32-42(35-44)60-37-61(50-26-15-14-25-49(50)60)54-45(38-18-9-7-10-19-38)23-17-24-46(54)39-20-11-8-12-21-39/h7-36H,37H2,1-6H3. The van der Waals surface area contributed by atoms with Gasteiger partial charge < -0.3 is 14.5 Å². The van der Waals surface area contributed by atoms with Crippen molar-refractivity contribution in [2.45, 2.75) is 52.4 Å². The molecule has 5 nitrogen and oxygen atoms in total. The maximum atomic E-state index is 7.03. The van der Waals surface area contributed by atoms with Gasteiger partial charge in [-0.2, -0.15) is 0 Å². The Hall–Kier alpha value is -7.15. The molecular formula is C58H50N4OS. The van der Waals surface area contributed by atoms with Crippen molar-refractivity contribution in [1.82, 2.24) is 9.55 Å². The van der Waals surface area contributed by atoms with Crippen LogP contribution >= 0.6 is 11.3 Å². The van der Waals surface area contributed by atoms with E-state index in [0.717, 1.165) is 39.9 Å². The smallest absolute Gasteiger partial charge is 0.137 e. The number of aromatic nitrogens is 2. The lowest BCUT2D eigenvalue weighted by atomic mass is 9.86. The van der Waals surface area contributed by atoms with Crippen LogP contribution < -0.4 is 14.5 Å². The number of ether oxygens (including phenoxy) is 1. The van der Waals surface area contributed by atoms with Crippen LogP contribution in [-0.2, 0) is 10.8 Å². The van der Waals surface area contributed by atoms with Crippen LogP contribution in [0.25, 0.3) is 59.3 Å². The van der Waals surface area contributed by atoms with E-state index in [9.17, 15) is 0 Å². The molecule has 3 aromatic heterocycles. The molecule has 0 spiro atoms. The molecule has 0 aliphatic carbocycles. The summed E-state index contributed by atoms with van der Waals surface area (Å²) in [7, 11) is 0. The summed E-state index contributed by atoms with van der Waals surface area (Å²) in [5, 5.41) is 2.42. The molecule has 1 aliphatic heterocycles. The fourth-order valence-electron chi connectivity index (χ4n) is 9.28. The Bertz CT molecular complexity index is 3310. The summed E-state index contributed by atoms with van der Waals surface area (Å²) in [6.07, 6.45) is 1.95. The van der Waals surface area contributed by atoms with Gasteiger partial charge in [0.25, 0.3) is 0 Å². The van der Waals surface area contributed by atoms with Crippen LogP contribution in [0.2, 0.25) is 0 Å². The van der Waals surface area contributed by atoms with E-state index in [0.29, 0.717) is 6.67 Å². The molecule has 0 atom stereocenters. The van der Waals surface area contributed by atoms with Crippen molar-refractivity contribution in [3.63, 3.8) is 0 Å². The van der Waals surface area contributed by atoms with Crippen molar-refractivity contribution < 1.29 is 4.74 Å². The summed E-state index contributed by atoms with van der Waals surface area (Å²) in [5.41, 5.74) is 13.9. The summed E-state index contributed by atoms with van der Waals surface area (Å²) in [4.78, 5) is 9.93. The number of para-hydroxylation sites is 3. The summed E-state index contributed by atoms with van der Waals surface area (Å²) >= 11 is 1.84. The Morgan fingerprint density at radius 1 is 0.531 bits per heavy atom. The van der Waals surface area contributed by atoms with E-state index in [-0.39, 0.29) is 10.8 Å². The number of hydrogen-bond acceptors (Lipinski definition) is 5. The Balaban J connectivity index is 1.04. The van der Waals surface area contributed by atoms with Gasteiger partial charge in [0.15, 0.2) is 0 Å². The average molecular weight is 851 g/mol. The van der Waals surface area contributed by atoms with Crippen molar-refractivity contribution in [3.05, 3.63) is 193 Å². The Kier molecular flexibility index (Phi) is 9.48. The second-order valence-electron chi connectivity index (χ2n) is 18.9. The van der Waals surface area contributed by atoms with Crippen LogP contribution in [0, 0.1) is 0 Å². The summed E-state index contributed by atoms with van der Waals surface area (Å²) in [5.74, 6) is 2.48. The quantitative estimate of drug-likeness (QED) is 0.160. The van der Waals surface area contributed by atoms with Crippen LogP contribution in [0.5, 0.6) is 11.5 Å². The van der Waals surface area contributed by atoms with Gasteiger partial charge in [0.05, 0.1) is 32.8 Å². The van der Waals surface area contributed by atoms with Crippen LogP contribution in [-0.4, -0.2) is 16.2 Å². The van der Waals surface area contributed by atoms with Crippen molar-refractivity contribution in [1.29, 1.82) is 0 Å². The number of pyridine rings is 1. The molecule has 1 aliphatic rings. The van der Waals surface area contributed by atoms with Crippen molar-refractivity contribution >= 4 is 65.3 Å². The van der Waals surface area contributed by atoms with Crippen LogP contribution in [0.1, 0.15) is 52.7 Å². The first-order valence-electron chi connectivity index (χ1n) is 22.1. The van der Waals surface area contributed by atoms with Gasteiger partial charge in [-0.25, -0.2) is 4.98 Å². The molecule has 10 aromatic rings. The van der Waals surface area contributed by atoms with Crippen molar-refractivity contribution in [2.24, 2.45) is 0 Å². The first-order chi connectivity index (χ1) is 31.0. The number of thiophene rings is 1. The summed E-state index contributed by atoms with van der Waals surface area (Å²) < 4.78 is 11.9. The van der Waals surface area contributed by atoms with E-state index in [1.165, 1.54) is 64.8 Å². The van der Waals surface area contributed by atoms with Crippen LogP contribution in [0.3, 0.4) is 0 Å². The normalized spacial score (nSPS) is 13.0. The van der Waals surface area contributed by atoms with Gasteiger partial charge in [0.2, 0.25) is 0 Å². The third-order valence-electron chi connectivity index (χ3n) is 12.6. The minimum absolute atomic E-state index is 0.0249. The predicted molar refractivity (Wildman–Crippen MR) is 271 cm³/mol. The maximum Gasteiger partial charge on any atom is 0.137 e. The van der Waals surface area contributed by atoms with E-state index < -0.39 is 0 Å². The first-order valence-corrected chi connectivity index (χ1v) is 23.0. The highest BCUT2D eigenvalue weighted by molar-refractivity contribution is 7.26. The van der Waals surface area contributed by atoms with E-state index in [1.54, 1.807) is 0 Å². The number of rotatable bonds is 7. The molecule has 0 unspecified atom stereocenters. The number of fused-ring (bicyclic) bond motifs is 6. The van der Waals surface area contributed by atoms with Crippen LogP contribution in [0.15, 0.2) is 182 Å². The van der Waals surface area contributed by atoms with Gasteiger partial charge in [-0.3, -0.25) is 4.57 Å². The fraction of sp³-hybridized carbons (Fsp3) is 0.155. The van der Waals surface area contributed by atoms with Gasteiger partial charge in [0, 0.05) is 50.6 Å². The molecule has 0 bridgehead atoms. The highest BCUT2D eigenvalue weighted by atomic mass is 32.1. The van der Waals surface area contributed by atoms with Crippen molar-refractivity contribution in [2.75, 3.05) is 16.5 Å². The molecule has 0 radical (unpaired) electrons. The molecular weight excluding hydrogens is 801 g/mol. The summed E-state index contributed by atoms with van der Waals surface area (Å²) in [6, 6.07) is 63.4. The van der Waals surface area contributed by atoms with Gasteiger partial charge >= 0.3 is 0 Å². The van der Waals surface area contributed by atoms with E-state index in [2.05, 4.69) is 232 Å². The highest BCUT2D eigenvalue weighted by Crippen LogP contribution is 2.51. The second-order valence-corrected chi connectivity index (χ2v) is 20.0. The monoisotopic (exact) mass is 850 g/mol. The topological polar surface area (TPSA) is 33.5 Å². The molecule has 314 valence electrons. The van der Waals surface area contributed by atoms with E-state index in [1.807, 2.05) is 17.5 Å². The molecule has 4 heterocycles. The molecule has 11 rings (SSSR count). The number of hydrogen-bond donors (Lipinski definition) is 0. The lowest BCUT2D eigenvalue weighted by Crippen LogP contribution is -2.25. The molecule has 7 aromatic carbocycles. The van der Waals surface area contributed by atoms with Gasteiger partial charge in [-0.05, 0) is 87.7 Å². The molecule has 0 amide bonds. The minimum atomic E-state index is -0.138. The number of benzene rings is 7. The highest BCUT2D eigenvalue weighted by Gasteiger charge is 2.32. The molecule has 64 heavy (non-hydrogen) atoms. The Morgan fingerprint density at radius 3 is 1.86 bits per heavy atom.